The van der Waals surface area contributed by atoms with E-state index in [9.17, 15) is 9.59 Å². The van der Waals surface area contributed by atoms with Gasteiger partial charge in [0, 0.05) is 7.05 Å². The van der Waals surface area contributed by atoms with Gasteiger partial charge < -0.3 is 20.7 Å². The van der Waals surface area contributed by atoms with E-state index < -0.39 is 6.03 Å². The molecule has 0 bridgehead atoms. The molecule has 0 fully saturated rings. The summed E-state index contributed by atoms with van der Waals surface area (Å²) in [5.74, 6) is 0.352. The Hall–Kier alpha value is -2.24. The third-order valence-electron chi connectivity index (χ3n) is 2.29. The van der Waals surface area contributed by atoms with E-state index in [1.54, 1.807) is 18.2 Å². The summed E-state index contributed by atoms with van der Waals surface area (Å²) in [4.78, 5) is 22.6. The maximum absolute atomic E-state index is 11.6. The molecule has 1 aromatic carbocycles. The number of anilines is 1. The first kappa shape index (κ1) is 14.8. The molecule has 0 heterocycles. The van der Waals surface area contributed by atoms with E-state index in [0.29, 0.717) is 18.0 Å². The van der Waals surface area contributed by atoms with Crippen molar-refractivity contribution in [3.8, 4) is 5.75 Å². The van der Waals surface area contributed by atoms with Gasteiger partial charge in [-0.1, -0.05) is 19.1 Å². The van der Waals surface area contributed by atoms with Gasteiger partial charge in [0.05, 0.1) is 18.8 Å². The Bertz CT molecular complexity index is 435. The molecule has 0 unspecified atom stereocenters. The van der Waals surface area contributed by atoms with E-state index in [2.05, 4.69) is 16.0 Å². The molecule has 6 heteroatoms. The highest BCUT2D eigenvalue weighted by molar-refractivity contribution is 5.93. The van der Waals surface area contributed by atoms with Crippen molar-refractivity contribution in [2.45, 2.75) is 13.3 Å². The summed E-state index contributed by atoms with van der Waals surface area (Å²) in [6.45, 7) is 2.52. The minimum atomic E-state index is -0.448. The van der Waals surface area contributed by atoms with E-state index in [1.807, 2.05) is 13.0 Å². The molecular formula is C13H19N3O3. The van der Waals surface area contributed by atoms with Crippen LogP contribution in [0.2, 0.25) is 0 Å². The molecule has 3 N–H and O–H groups in total. The standard InChI is InChI=1S/C13H19N3O3/c1-3-8-19-11-7-5-4-6-10(11)16-13(18)15-9-12(17)14-2/h4-7H,3,8-9H2,1-2H3,(H,14,17)(H2,15,16,18). The number of benzene rings is 1. The van der Waals surface area contributed by atoms with E-state index in [-0.39, 0.29) is 12.5 Å². The molecule has 0 aliphatic heterocycles. The molecule has 19 heavy (non-hydrogen) atoms. The minimum Gasteiger partial charge on any atom is -0.491 e. The van der Waals surface area contributed by atoms with E-state index in [0.717, 1.165) is 6.42 Å². The Morgan fingerprint density at radius 2 is 2.00 bits per heavy atom. The number of likely N-dealkylation sites (N-methyl/N-ethyl adjacent to an activating group) is 1. The van der Waals surface area contributed by atoms with Gasteiger partial charge in [-0.25, -0.2) is 4.79 Å². The second-order valence-electron chi connectivity index (χ2n) is 3.83. The molecule has 0 aromatic heterocycles. The van der Waals surface area contributed by atoms with Crippen LogP contribution in [0.1, 0.15) is 13.3 Å². The van der Waals surface area contributed by atoms with Crippen molar-refractivity contribution in [3.05, 3.63) is 24.3 Å². The number of nitrogens with one attached hydrogen (secondary N) is 3. The first-order chi connectivity index (χ1) is 9.17. The summed E-state index contributed by atoms with van der Waals surface area (Å²) >= 11 is 0. The Labute approximate surface area is 112 Å². The smallest absolute Gasteiger partial charge is 0.319 e. The Morgan fingerprint density at radius 3 is 2.68 bits per heavy atom. The molecule has 0 atom stereocenters. The van der Waals surface area contributed by atoms with Crippen LogP contribution in [0.3, 0.4) is 0 Å². The predicted octanol–water partition coefficient (Wildman–Crippen LogP) is 1.34. The Balaban J connectivity index is 2.55. The summed E-state index contributed by atoms with van der Waals surface area (Å²) in [7, 11) is 1.51. The summed E-state index contributed by atoms with van der Waals surface area (Å²) in [6, 6.07) is 6.71. The van der Waals surface area contributed by atoms with Gasteiger partial charge in [0.15, 0.2) is 0 Å². The minimum absolute atomic E-state index is 0.0691. The predicted molar refractivity (Wildman–Crippen MR) is 73.3 cm³/mol. The fourth-order valence-corrected chi connectivity index (χ4v) is 1.32. The van der Waals surface area contributed by atoms with Gasteiger partial charge in [-0.3, -0.25) is 4.79 Å². The van der Waals surface area contributed by atoms with Gasteiger partial charge >= 0.3 is 6.03 Å². The number of rotatable bonds is 6. The average Bonchev–Trinajstić information content (AvgIpc) is 2.43. The van der Waals surface area contributed by atoms with Crippen LogP contribution in [0, 0.1) is 0 Å². The molecule has 104 valence electrons. The van der Waals surface area contributed by atoms with Crippen molar-refractivity contribution in [2.24, 2.45) is 0 Å². The highest BCUT2D eigenvalue weighted by atomic mass is 16.5. The number of carbonyl (C=O) groups excluding carboxylic acids is 2. The Kier molecular flexibility index (Phi) is 6.21. The van der Waals surface area contributed by atoms with Crippen LogP contribution in [0.15, 0.2) is 24.3 Å². The molecule has 1 aromatic rings. The molecule has 0 saturated heterocycles. The first-order valence-electron chi connectivity index (χ1n) is 6.14. The highest BCUT2D eigenvalue weighted by Gasteiger charge is 2.07. The third kappa shape index (κ3) is 5.29. The van der Waals surface area contributed by atoms with Gasteiger partial charge in [-0.15, -0.1) is 0 Å². The quantitative estimate of drug-likeness (QED) is 0.726. The van der Waals surface area contributed by atoms with E-state index in [1.165, 1.54) is 7.05 Å². The maximum atomic E-state index is 11.6. The van der Waals surface area contributed by atoms with Crippen molar-refractivity contribution in [1.29, 1.82) is 0 Å². The molecule has 3 amide bonds. The zero-order chi connectivity index (χ0) is 14.1. The number of hydrogen-bond acceptors (Lipinski definition) is 3. The molecule has 1 rings (SSSR count). The second-order valence-corrected chi connectivity index (χ2v) is 3.83. The van der Waals surface area contributed by atoms with Gasteiger partial charge in [-0.05, 0) is 18.6 Å². The summed E-state index contributed by atoms with van der Waals surface area (Å²) in [6.07, 6.45) is 0.886. The van der Waals surface area contributed by atoms with Crippen molar-refractivity contribution in [2.75, 3.05) is 25.5 Å². The van der Waals surface area contributed by atoms with E-state index >= 15 is 0 Å². The number of carbonyl (C=O) groups is 2. The lowest BCUT2D eigenvalue weighted by Gasteiger charge is -2.12. The number of para-hydroxylation sites is 2. The van der Waals surface area contributed by atoms with Crippen LogP contribution in [-0.4, -0.2) is 32.1 Å². The molecular weight excluding hydrogens is 246 g/mol. The number of amides is 3. The SMILES string of the molecule is CCCOc1ccccc1NC(=O)NCC(=O)NC. The largest absolute Gasteiger partial charge is 0.491 e. The zero-order valence-corrected chi connectivity index (χ0v) is 11.2. The summed E-state index contributed by atoms with van der Waals surface area (Å²) < 4.78 is 5.51. The molecule has 6 nitrogen and oxygen atoms in total. The Morgan fingerprint density at radius 1 is 1.26 bits per heavy atom. The van der Waals surface area contributed by atoms with Gasteiger partial charge in [0.1, 0.15) is 5.75 Å². The van der Waals surface area contributed by atoms with Crippen molar-refractivity contribution in [1.82, 2.24) is 10.6 Å². The number of ether oxygens (including phenoxy) is 1. The fourth-order valence-electron chi connectivity index (χ4n) is 1.32. The second kappa shape index (κ2) is 7.97. The monoisotopic (exact) mass is 265 g/mol. The molecule has 0 radical (unpaired) electrons. The van der Waals surface area contributed by atoms with Crippen LogP contribution < -0.4 is 20.7 Å². The maximum Gasteiger partial charge on any atom is 0.319 e. The third-order valence-corrected chi connectivity index (χ3v) is 2.29. The highest BCUT2D eigenvalue weighted by Crippen LogP contribution is 2.23. The van der Waals surface area contributed by atoms with Crippen molar-refractivity contribution >= 4 is 17.6 Å². The lowest BCUT2D eigenvalue weighted by atomic mass is 10.3. The van der Waals surface area contributed by atoms with E-state index in [4.69, 9.17) is 4.74 Å². The van der Waals surface area contributed by atoms with Gasteiger partial charge in [-0.2, -0.15) is 0 Å². The molecule has 0 aliphatic rings. The summed E-state index contributed by atoms with van der Waals surface area (Å²) in [5, 5.41) is 7.51. The van der Waals surface area contributed by atoms with Crippen LogP contribution in [0.4, 0.5) is 10.5 Å². The fraction of sp³-hybridized carbons (Fsp3) is 0.385. The molecule has 0 aliphatic carbocycles. The van der Waals surface area contributed by atoms with Gasteiger partial charge in [0.2, 0.25) is 5.91 Å². The van der Waals surface area contributed by atoms with Crippen LogP contribution in [0.5, 0.6) is 5.75 Å². The summed E-state index contributed by atoms with van der Waals surface area (Å²) in [5.41, 5.74) is 0.574. The molecule has 0 saturated carbocycles. The number of hydrogen-bond donors (Lipinski definition) is 3. The van der Waals surface area contributed by atoms with Crippen molar-refractivity contribution < 1.29 is 14.3 Å². The zero-order valence-electron chi connectivity index (χ0n) is 11.2. The lowest BCUT2D eigenvalue weighted by molar-refractivity contribution is -0.119. The topological polar surface area (TPSA) is 79.5 Å². The normalized spacial score (nSPS) is 9.58. The van der Waals surface area contributed by atoms with Crippen LogP contribution >= 0.6 is 0 Å². The lowest BCUT2D eigenvalue weighted by Crippen LogP contribution is -2.37. The molecule has 0 spiro atoms. The average molecular weight is 265 g/mol. The van der Waals surface area contributed by atoms with Crippen LogP contribution in [-0.2, 0) is 4.79 Å². The number of urea groups is 1. The van der Waals surface area contributed by atoms with Crippen LogP contribution in [0.25, 0.3) is 0 Å². The first-order valence-corrected chi connectivity index (χ1v) is 6.14. The van der Waals surface area contributed by atoms with Gasteiger partial charge in [0.25, 0.3) is 0 Å². The van der Waals surface area contributed by atoms with Crippen molar-refractivity contribution in [3.63, 3.8) is 0 Å².